The van der Waals surface area contributed by atoms with Crippen LogP contribution in [0.15, 0.2) is 17.1 Å². The zero-order chi connectivity index (χ0) is 16.5. The highest BCUT2D eigenvalue weighted by Gasteiger charge is 2.48. The van der Waals surface area contributed by atoms with Crippen LogP contribution in [0.5, 0.6) is 0 Å². The van der Waals surface area contributed by atoms with Crippen LogP contribution in [0.3, 0.4) is 0 Å². The van der Waals surface area contributed by atoms with Gasteiger partial charge in [0.15, 0.2) is 6.23 Å². The second kappa shape index (κ2) is 6.42. The maximum Gasteiger partial charge on any atom is 0.470 e. The minimum absolute atomic E-state index is 0.00908. The van der Waals surface area contributed by atoms with Gasteiger partial charge in [-0.05, 0) is 6.07 Å². The Kier molecular flexibility index (Phi) is 4.97. The fourth-order valence-corrected chi connectivity index (χ4v) is 2.73. The Hall–Kier alpha value is -1.33. The summed E-state index contributed by atoms with van der Waals surface area (Å²) in [6, 6.07) is 1.32. The van der Waals surface area contributed by atoms with E-state index >= 15 is 0 Å². The number of rotatable bonds is 5. The molecule has 0 aromatic carbocycles. The van der Waals surface area contributed by atoms with E-state index in [0.29, 0.717) is 0 Å². The van der Waals surface area contributed by atoms with E-state index in [2.05, 4.69) is 9.51 Å². The zero-order valence-electron chi connectivity index (χ0n) is 11.5. The molecule has 0 amide bonds. The van der Waals surface area contributed by atoms with Gasteiger partial charge in [-0.25, -0.2) is 9.36 Å². The summed E-state index contributed by atoms with van der Waals surface area (Å²) in [6.45, 7) is -0.102. The second-order valence-corrected chi connectivity index (χ2v) is 5.81. The maximum atomic E-state index is 11.8. The van der Waals surface area contributed by atoms with Gasteiger partial charge in [0, 0.05) is 13.3 Å². The Bertz CT molecular complexity index is 631. The fourth-order valence-electron chi connectivity index (χ4n) is 2.16. The highest BCUT2D eigenvalue weighted by Crippen LogP contribution is 2.43. The first-order valence-electron chi connectivity index (χ1n) is 6.14. The van der Waals surface area contributed by atoms with Crippen LogP contribution >= 0.6 is 7.82 Å². The molecule has 0 saturated carbocycles. The highest BCUT2D eigenvalue weighted by molar-refractivity contribution is 7.46. The van der Waals surface area contributed by atoms with Crippen LogP contribution in [-0.4, -0.2) is 56.5 Å². The molecule has 2 heterocycles. The summed E-state index contributed by atoms with van der Waals surface area (Å²) in [4.78, 5) is 33.1. The van der Waals surface area contributed by atoms with E-state index in [-0.39, 0.29) is 12.4 Å². The zero-order valence-corrected chi connectivity index (χ0v) is 12.4. The standard InChI is InChI=1S/C10H16N3O8P/c1-19-4-5-8(21-22(16,17)18)7(14)9(20-5)13-3-2-6(11)12-10(13)15/h2-3,5,7-9,14H,4H2,1H3,(H2,11,12,15)(H2,16,17,18)/t5-,7-,8-,9-/m1/s1. The number of nitrogens with two attached hydrogens (primary N) is 1. The Balaban J connectivity index is 2.30. The van der Waals surface area contributed by atoms with Gasteiger partial charge in [-0.2, -0.15) is 4.98 Å². The van der Waals surface area contributed by atoms with Gasteiger partial charge in [0.25, 0.3) is 0 Å². The highest BCUT2D eigenvalue weighted by atomic mass is 31.2. The normalized spacial score (nSPS) is 28.9. The minimum atomic E-state index is -4.87. The molecule has 1 aliphatic heterocycles. The van der Waals surface area contributed by atoms with Crippen LogP contribution in [0, 0.1) is 0 Å². The van der Waals surface area contributed by atoms with Gasteiger partial charge >= 0.3 is 13.5 Å². The van der Waals surface area contributed by atoms with Gasteiger partial charge in [0.2, 0.25) is 0 Å². The lowest BCUT2D eigenvalue weighted by molar-refractivity contribution is -0.0611. The molecule has 1 saturated heterocycles. The number of nitrogens with zero attached hydrogens (tertiary/aromatic N) is 2. The molecule has 4 atom stereocenters. The van der Waals surface area contributed by atoms with Crippen molar-refractivity contribution in [1.29, 1.82) is 0 Å². The quantitative estimate of drug-likeness (QED) is 0.450. The topological polar surface area (TPSA) is 166 Å². The van der Waals surface area contributed by atoms with Crippen LogP contribution in [0.2, 0.25) is 0 Å². The number of phosphoric ester groups is 1. The lowest BCUT2D eigenvalue weighted by Crippen LogP contribution is -2.37. The Morgan fingerprint density at radius 2 is 2.23 bits per heavy atom. The van der Waals surface area contributed by atoms with Gasteiger partial charge in [-0.3, -0.25) is 9.09 Å². The average molecular weight is 337 g/mol. The van der Waals surface area contributed by atoms with E-state index in [1.807, 2.05) is 0 Å². The largest absolute Gasteiger partial charge is 0.470 e. The molecule has 124 valence electrons. The number of ether oxygens (including phenoxy) is 2. The molecule has 11 nitrogen and oxygen atoms in total. The van der Waals surface area contributed by atoms with Gasteiger partial charge in [0.05, 0.1) is 6.61 Å². The van der Waals surface area contributed by atoms with E-state index < -0.39 is 38.1 Å². The number of nitrogen functional groups attached to an aromatic ring is 1. The first-order chi connectivity index (χ1) is 10.2. The lowest BCUT2D eigenvalue weighted by Gasteiger charge is -2.20. The molecule has 0 radical (unpaired) electrons. The number of phosphoric acid groups is 1. The molecule has 12 heteroatoms. The lowest BCUT2D eigenvalue weighted by atomic mass is 10.1. The molecule has 1 aromatic rings. The van der Waals surface area contributed by atoms with E-state index in [1.54, 1.807) is 0 Å². The number of hydrogen-bond acceptors (Lipinski definition) is 8. The van der Waals surface area contributed by atoms with Crippen LogP contribution in [0.1, 0.15) is 6.23 Å². The van der Waals surface area contributed by atoms with E-state index in [9.17, 15) is 14.5 Å². The van der Waals surface area contributed by atoms with Crippen LogP contribution in [-0.2, 0) is 18.6 Å². The fraction of sp³-hybridized carbons (Fsp3) is 0.600. The molecule has 0 unspecified atom stereocenters. The molecule has 1 aromatic heterocycles. The Labute approximate surface area is 124 Å². The van der Waals surface area contributed by atoms with Crippen LogP contribution < -0.4 is 11.4 Å². The summed E-state index contributed by atoms with van der Waals surface area (Å²) < 4.78 is 26.8. The van der Waals surface area contributed by atoms with Gasteiger partial charge in [-0.15, -0.1) is 0 Å². The van der Waals surface area contributed by atoms with Gasteiger partial charge < -0.3 is 30.1 Å². The summed E-state index contributed by atoms with van der Waals surface area (Å²) in [6.07, 6.45) is -3.87. The number of aromatic nitrogens is 2. The molecule has 1 aliphatic rings. The summed E-state index contributed by atoms with van der Waals surface area (Å²) in [7, 11) is -3.53. The van der Waals surface area contributed by atoms with Gasteiger partial charge in [-0.1, -0.05) is 0 Å². The molecule has 22 heavy (non-hydrogen) atoms. The predicted octanol–water partition coefficient (Wildman–Crippen LogP) is -1.79. The number of aliphatic hydroxyl groups is 1. The average Bonchev–Trinajstić information content (AvgIpc) is 2.67. The summed E-state index contributed by atoms with van der Waals surface area (Å²) in [5.74, 6) is -0.00908. The summed E-state index contributed by atoms with van der Waals surface area (Å²) in [5, 5.41) is 10.2. The molecule has 0 aliphatic carbocycles. The molecular formula is C10H16N3O8P. The van der Waals surface area contributed by atoms with E-state index in [4.69, 9.17) is 25.0 Å². The Morgan fingerprint density at radius 3 is 2.77 bits per heavy atom. The predicted molar refractivity (Wildman–Crippen MR) is 71.6 cm³/mol. The first-order valence-corrected chi connectivity index (χ1v) is 7.67. The molecule has 1 fully saturated rings. The van der Waals surface area contributed by atoms with E-state index in [0.717, 1.165) is 4.57 Å². The summed E-state index contributed by atoms with van der Waals surface area (Å²) in [5.41, 5.74) is 4.59. The molecule has 0 spiro atoms. The van der Waals surface area contributed by atoms with Crippen molar-refractivity contribution in [3.8, 4) is 0 Å². The van der Waals surface area contributed by atoms with Crippen molar-refractivity contribution in [3.63, 3.8) is 0 Å². The van der Waals surface area contributed by atoms with Crippen molar-refractivity contribution in [2.24, 2.45) is 0 Å². The molecule has 0 bridgehead atoms. The molecular weight excluding hydrogens is 321 g/mol. The Morgan fingerprint density at radius 1 is 1.55 bits per heavy atom. The van der Waals surface area contributed by atoms with Crippen molar-refractivity contribution >= 4 is 13.6 Å². The van der Waals surface area contributed by atoms with Crippen molar-refractivity contribution in [1.82, 2.24) is 9.55 Å². The monoisotopic (exact) mass is 337 g/mol. The van der Waals surface area contributed by atoms with Crippen molar-refractivity contribution in [2.45, 2.75) is 24.5 Å². The first kappa shape index (κ1) is 17.0. The number of methoxy groups -OCH3 is 1. The van der Waals surface area contributed by atoms with Crippen LogP contribution in [0.4, 0.5) is 5.82 Å². The molecule has 2 rings (SSSR count). The smallest absolute Gasteiger partial charge is 0.386 e. The number of aliphatic hydroxyl groups excluding tert-OH is 1. The third-order valence-electron chi connectivity index (χ3n) is 3.03. The summed E-state index contributed by atoms with van der Waals surface area (Å²) >= 11 is 0. The second-order valence-electron chi connectivity index (χ2n) is 4.61. The van der Waals surface area contributed by atoms with Crippen molar-refractivity contribution in [3.05, 3.63) is 22.7 Å². The number of anilines is 1. The van der Waals surface area contributed by atoms with E-state index in [1.165, 1.54) is 19.4 Å². The SMILES string of the molecule is COC[C@H]1O[C@@H](n2ccc(N)nc2=O)[C@H](O)[C@@H]1OP(=O)(O)O. The molecule has 5 N–H and O–H groups in total. The number of hydrogen-bond donors (Lipinski definition) is 4. The van der Waals surface area contributed by atoms with Crippen molar-refractivity contribution in [2.75, 3.05) is 19.5 Å². The third-order valence-corrected chi connectivity index (χ3v) is 3.54. The minimum Gasteiger partial charge on any atom is -0.386 e. The van der Waals surface area contributed by atoms with Crippen LogP contribution in [0.25, 0.3) is 0 Å². The third kappa shape index (κ3) is 3.70. The maximum absolute atomic E-state index is 11.8. The van der Waals surface area contributed by atoms with Crippen molar-refractivity contribution < 1.29 is 33.5 Å². The van der Waals surface area contributed by atoms with Gasteiger partial charge in [0.1, 0.15) is 24.1 Å².